The van der Waals surface area contributed by atoms with Crippen LogP contribution in [0.2, 0.25) is 0 Å². The van der Waals surface area contributed by atoms with Gasteiger partial charge in [-0.25, -0.2) is 0 Å². The van der Waals surface area contributed by atoms with E-state index in [1.54, 1.807) is 11.1 Å². The second-order valence-electron chi connectivity index (χ2n) is 7.12. The number of rotatable bonds is 7. The van der Waals surface area contributed by atoms with Crippen LogP contribution in [0.15, 0.2) is 39.9 Å². The lowest BCUT2D eigenvalue weighted by atomic mass is 9.71. The van der Waals surface area contributed by atoms with E-state index in [0.717, 1.165) is 12.1 Å². The van der Waals surface area contributed by atoms with E-state index in [1.807, 2.05) is 26.8 Å². The molecule has 0 amide bonds. The van der Waals surface area contributed by atoms with Crippen molar-refractivity contribution in [3.63, 3.8) is 0 Å². The minimum atomic E-state index is 0.115. The SMILES string of the molecule is CC.CC(/C=C/C=C(\C)CCC1=C(C)CCCC1(C)C)=NCCO. The zero-order valence-electron chi connectivity index (χ0n) is 17.1. The maximum Gasteiger partial charge on any atom is 0.0627 e. The first-order valence-corrected chi connectivity index (χ1v) is 9.51. The van der Waals surface area contributed by atoms with E-state index < -0.39 is 0 Å². The molecule has 0 heterocycles. The Balaban J connectivity index is 0.00000254. The monoisotopic (exact) mass is 333 g/mol. The van der Waals surface area contributed by atoms with Crippen molar-refractivity contribution in [2.75, 3.05) is 13.2 Å². The Morgan fingerprint density at radius 2 is 1.92 bits per heavy atom. The normalized spacial score (nSPS) is 18.7. The van der Waals surface area contributed by atoms with Gasteiger partial charge in [-0.3, -0.25) is 4.99 Å². The summed E-state index contributed by atoms with van der Waals surface area (Å²) in [4.78, 5) is 4.23. The second kappa shape index (κ2) is 12.2. The van der Waals surface area contributed by atoms with Gasteiger partial charge in [0, 0.05) is 5.71 Å². The van der Waals surface area contributed by atoms with Gasteiger partial charge in [0.25, 0.3) is 0 Å². The first kappa shape index (κ1) is 22.9. The largest absolute Gasteiger partial charge is 0.394 e. The van der Waals surface area contributed by atoms with Gasteiger partial charge in [0.2, 0.25) is 0 Å². The van der Waals surface area contributed by atoms with Crippen molar-refractivity contribution in [3.05, 3.63) is 34.9 Å². The molecule has 138 valence electrons. The van der Waals surface area contributed by atoms with E-state index in [1.165, 1.54) is 31.3 Å². The molecule has 0 saturated carbocycles. The maximum absolute atomic E-state index is 8.74. The van der Waals surface area contributed by atoms with Crippen LogP contribution >= 0.6 is 0 Å². The molecule has 0 unspecified atom stereocenters. The summed E-state index contributed by atoms with van der Waals surface area (Å²) in [5.74, 6) is 0. The third-order valence-electron chi connectivity index (χ3n) is 4.63. The van der Waals surface area contributed by atoms with E-state index in [9.17, 15) is 0 Å². The van der Waals surface area contributed by atoms with Gasteiger partial charge in [-0.1, -0.05) is 56.6 Å². The van der Waals surface area contributed by atoms with Gasteiger partial charge in [0.1, 0.15) is 0 Å². The smallest absolute Gasteiger partial charge is 0.0627 e. The molecule has 1 rings (SSSR count). The molecule has 0 aromatic rings. The van der Waals surface area contributed by atoms with Crippen LogP contribution in [0.3, 0.4) is 0 Å². The highest BCUT2D eigenvalue weighted by Gasteiger charge is 2.27. The summed E-state index contributed by atoms with van der Waals surface area (Å²) >= 11 is 0. The molecule has 0 radical (unpaired) electrons. The molecular formula is C22H39NO. The van der Waals surface area contributed by atoms with Crippen LogP contribution in [0.4, 0.5) is 0 Å². The predicted molar refractivity (Wildman–Crippen MR) is 109 cm³/mol. The minimum Gasteiger partial charge on any atom is -0.394 e. The zero-order valence-corrected chi connectivity index (χ0v) is 17.1. The Morgan fingerprint density at radius 3 is 2.50 bits per heavy atom. The number of aliphatic imine (C=N–C) groups is 1. The zero-order chi connectivity index (χ0) is 18.6. The number of nitrogens with zero attached hydrogens (tertiary/aromatic N) is 1. The maximum atomic E-state index is 8.74. The lowest BCUT2D eigenvalue weighted by Gasteiger charge is -2.34. The van der Waals surface area contributed by atoms with Crippen molar-refractivity contribution in [2.45, 2.75) is 80.6 Å². The molecule has 1 N–H and O–H groups in total. The standard InChI is InChI=1S/C20H33NO.C2H6/c1-16(8-6-10-18(3)21-14-15-22)11-12-19-17(2)9-7-13-20(19,4)5;1-2/h6,8,10,22H,7,9,11-15H2,1-5H3;1-2H3/b10-6+,16-8+,21-18?;. The molecule has 1 aliphatic carbocycles. The Hall–Kier alpha value is -1.15. The third-order valence-corrected chi connectivity index (χ3v) is 4.63. The number of hydrogen-bond donors (Lipinski definition) is 1. The highest BCUT2D eigenvalue weighted by molar-refractivity contribution is 5.92. The number of aliphatic hydroxyl groups is 1. The summed E-state index contributed by atoms with van der Waals surface area (Å²) in [6.07, 6.45) is 12.5. The molecule has 0 aliphatic heterocycles. The summed E-state index contributed by atoms with van der Waals surface area (Å²) in [5, 5.41) is 8.74. The van der Waals surface area contributed by atoms with Crippen LogP contribution in [-0.2, 0) is 0 Å². The van der Waals surface area contributed by atoms with Crippen LogP contribution in [0.1, 0.15) is 80.6 Å². The van der Waals surface area contributed by atoms with Crippen molar-refractivity contribution < 1.29 is 5.11 Å². The lowest BCUT2D eigenvalue weighted by molar-refractivity contribution is 0.307. The van der Waals surface area contributed by atoms with Gasteiger partial charge in [-0.05, 0) is 64.4 Å². The summed E-state index contributed by atoms with van der Waals surface area (Å²) in [5.41, 5.74) is 6.05. The Labute approximate surface area is 150 Å². The van der Waals surface area contributed by atoms with Crippen LogP contribution in [-0.4, -0.2) is 24.0 Å². The average Bonchev–Trinajstić information content (AvgIpc) is 2.53. The Morgan fingerprint density at radius 1 is 1.25 bits per heavy atom. The van der Waals surface area contributed by atoms with E-state index >= 15 is 0 Å². The molecule has 0 atom stereocenters. The first-order valence-electron chi connectivity index (χ1n) is 9.51. The van der Waals surface area contributed by atoms with Crippen LogP contribution in [0, 0.1) is 5.41 Å². The summed E-state index contributed by atoms with van der Waals surface area (Å²) in [6.45, 7) is 15.9. The van der Waals surface area contributed by atoms with Crippen LogP contribution in [0.25, 0.3) is 0 Å². The Bertz CT molecular complexity index is 478. The molecule has 0 spiro atoms. The summed E-state index contributed by atoms with van der Waals surface area (Å²) in [7, 11) is 0. The molecule has 0 fully saturated rings. The quantitative estimate of drug-likeness (QED) is 0.332. The molecule has 0 bridgehead atoms. The molecule has 2 nitrogen and oxygen atoms in total. The van der Waals surface area contributed by atoms with Gasteiger partial charge in [0.05, 0.1) is 13.2 Å². The van der Waals surface area contributed by atoms with E-state index in [-0.39, 0.29) is 6.61 Å². The molecule has 1 aliphatic rings. The van der Waals surface area contributed by atoms with Crippen LogP contribution < -0.4 is 0 Å². The van der Waals surface area contributed by atoms with Crippen LogP contribution in [0.5, 0.6) is 0 Å². The van der Waals surface area contributed by atoms with Crippen molar-refractivity contribution in [1.29, 1.82) is 0 Å². The van der Waals surface area contributed by atoms with Gasteiger partial charge in [-0.2, -0.15) is 0 Å². The highest BCUT2D eigenvalue weighted by atomic mass is 16.3. The second-order valence-corrected chi connectivity index (χ2v) is 7.12. The van der Waals surface area contributed by atoms with E-state index in [2.05, 4.69) is 44.8 Å². The van der Waals surface area contributed by atoms with Crippen molar-refractivity contribution in [3.8, 4) is 0 Å². The summed E-state index contributed by atoms with van der Waals surface area (Å²) in [6, 6.07) is 0. The predicted octanol–water partition coefficient (Wildman–Crippen LogP) is 6.28. The first-order chi connectivity index (χ1) is 11.4. The molecule has 0 aromatic heterocycles. The fraction of sp³-hybridized carbons (Fsp3) is 0.682. The van der Waals surface area contributed by atoms with E-state index in [0.29, 0.717) is 12.0 Å². The Kier molecular flexibility index (Phi) is 11.7. The fourth-order valence-electron chi connectivity index (χ4n) is 3.26. The van der Waals surface area contributed by atoms with Gasteiger partial charge < -0.3 is 5.11 Å². The van der Waals surface area contributed by atoms with Gasteiger partial charge >= 0.3 is 0 Å². The van der Waals surface area contributed by atoms with Gasteiger partial charge in [0.15, 0.2) is 0 Å². The van der Waals surface area contributed by atoms with Crippen molar-refractivity contribution in [1.82, 2.24) is 0 Å². The topological polar surface area (TPSA) is 32.6 Å². The van der Waals surface area contributed by atoms with Crippen molar-refractivity contribution >= 4 is 5.71 Å². The summed E-state index contributed by atoms with van der Waals surface area (Å²) < 4.78 is 0. The average molecular weight is 334 g/mol. The lowest BCUT2D eigenvalue weighted by Crippen LogP contribution is -2.20. The number of hydrogen-bond acceptors (Lipinski definition) is 2. The molecule has 24 heavy (non-hydrogen) atoms. The highest BCUT2D eigenvalue weighted by Crippen LogP contribution is 2.42. The fourth-order valence-corrected chi connectivity index (χ4v) is 3.26. The third kappa shape index (κ3) is 8.63. The van der Waals surface area contributed by atoms with E-state index in [4.69, 9.17) is 5.11 Å². The number of allylic oxidation sites excluding steroid dienone is 6. The molecular weight excluding hydrogens is 294 g/mol. The molecule has 0 aromatic carbocycles. The number of aliphatic hydroxyl groups excluding tert-OH is 1. The minimum absolute atomic E-state index is 0.115. The molecule has 0 saturated heterocycles. The van der Waals surface area contributed by atoms with Crippen molar-refractivity contribution in [2.24, 2.45) is 10.4 Å². The van der Waals surface area contributed by atoms with Gasteiger partial charge in [-0.15, -0.1) is 0 Å². The molecule has 2 heteroatoms.